The molecule has 9 nitrogen and oxygen atoms in total. The molecule has 4 N–H and O–H groups in total. The molecule has 0 saturated carbocycles. The van der Waals surface area contributed by atoms with Gasteiger partial charge in [-0.05, 0) is 24.6 Å². The molecule has 0 aliphatic carbocycles. The van der Waals surface area contributed by atoms with Crippen molar-refractivity contribution in [3.05, 3.63) is 46.6 Å². The summed E-state index contributed by atoms with van der Waals surface area (Å²) in [6.07, 6.45) is 0.578. The molecule has 2 heterocycles. The molecular weight excluding hydrogens is 412 g/mol. The molecule has 3 rings (SSSR count). The number of amides is 1. The molecule has 1 amide bonds. The average molecular weight is 436 g/mol. The SMILES string of the molecule is CCOC(=O)N1CCc2nc(N)c(C#N)c(-c3ccc(C#CCCO)cc3)c2C1.O=CO. The molecule has 1 aromatic carbocycles. The van der Waals surface area contributed by atoms with Gasteiger partial charge < -0.3 is 25.6 Å². The van der Waals surface area contributed by atoms with Crippen molar-refractivity contribution in [2.45, 2.75) is 26.3 Å². The third kappa shape index (κ3) is 5.75. The van der Waals surface area contributed by atoms with Gasteiger partial charge in [0.2, 0.25) is 0 Å². The summed E-state index contributed by atoms with van der Waals surface area (Å²) in [6, 6.07) is 9.63. The zero-order valence-corrected chi connectivity index (χ0v) is 17.7. The Morgan fingerprint density at radius 2 is 2.06 bits per heavy atom. The number of ether oxygens (including phenoxy) is 1. The van der Waals surface area contributed by atoms with E-state index in [-0.39, 0.29) is 25.0 Å². The maximum atomic E-state index is 12.2. The van der Waals surface area contributed by atoms with Gasteiger partial charge in [0, 0.05) is 36.1 Å². The topological polar surface area (TPSA) is 150 Å². The molecule has 0 fully saturated rings. The summed E-state index contributed by atoms with van der Waals surface area (Å²) in [5.41, 5.74) is 10.3. The van der Waals surface area contributed by atoms with Crippen molar-refractivity contribution in [3.63, 3.8) is 0 Å². The van der Waals surface area contributed by atoms with Crippen LogP contribution in [-0.4, -0.2) is 52.4 Å². The number of hydrogen-bond donors (Lipinski definition) is 3. The number of nitrogen functional groups attached to an aromatic ring is 1. The van der Waals surface area contributed by atoms with Gasteiger partial charge in [0.1, 0.15) is 17.5 Å². The Kier molecular flexibility index (Phi) is 9.03. The molecule has 1 aromatic heterocycles. The lowest BCUT2D eigenvalue weighted by Crippen LogP contribution is -2.37. The number of aliphatic hydroxyl groups is 1. The van der Waals surface area contributed by atoms with E-state index in [1.807, 2.05) is 24.3 Å². The molecule has 9 heteroatoms. The Balaban J connectivity index is 0.00000114. The highest BCUT2D eigenvalue weighted by atomic mass is 16.6. The van der Waals surface area contributed by atoms with Crippen molar-refractivity contribution in [2.75, 3.05) is 25.5 Å². The van der Waals surface area contributed by atoms with Crippen LogP contribution in [0, 0.1) is 23.2 Å². The van der Waals surface area contributed by atoms with Gasteiger partial charge in [-0.3, -0.25) is 4.79 Å². The Labute approximate surface area is 186 Å². The average Bonchev–Trinajstić information content (AvgIpc) is 2.79. The number of anilines is 1. The first-order chi connectivity index (χ1) is 15.5. The van der Waals surface area contributed by atoms with Crippen LogP contribution < -0.4 is 5.73 Å². The Hall–Kier alpha value is -4.08. The van der Waals surface area contributed by atoms with Crippen LogP contribution in [-0.2, 0) is 22.5 Å². The molecule has 0 unspecified atom stereocenters. The van der Waals surface area contributed by atoms with Crippen LogP contribution in [0.5, 0.6) is 0 Å². The predicted octanol–water partition coefficient (Wildman–Crippen LogP) is 2.15. The van der Waals surface area contributed by atoms with Crippen molar-refractivity contribution in [1.82, 2.24) is 9.88 Å². The first-order valence-corrected chi connectivity index (χ1v) is 9.91. The van der Waals surface area contributed by atoms with Crippen LogP contribution in [0.25, 0.3) is 11.1 Å². The number of aromatic nitrogens is 1. The molecule has 1 aliphatic heterocycles. The zero-order valence-electron chi connectivity index (χ0n) is 17.7. The smallest absolute Gasteiger partial charge is 0.410 e. The summed E-state index contributed by atoms with van der Waals surface area (Å²) >= 11 is 0. The van der Waals surface area contributed by atoms with Gasteiger partial charge in [-0.25, -0.2) is 9.78 Å². The highest BCUT2D eigenvalue weighted by Crippen LogP contribution is 2.35. The van der Waals surface area contributed by atoms with Crippen molar-refractivity contribution in [2.24, 2.45) is 0 Å². The molecule has 0 saturated heterocycles. The lowest BCUT2D eigenvalue weighted by molar-refractivity contribution is -0.122. The minimum absolute atomic E-state index is 0.0238. The number of hydrogen-bond acceptors (Lipinski definition) is 7. The highest BCUT2D eigenvalue weighted by molar-refractivity contribution is 5.80. The minimum Gasteiger partial charge on any atom is -0.483 e. The summed E-state index contributed by atoms with van der Waals surface area (Å²) in [6.45, 7) is 2.64. The second kappa shape index (κ2) is 11.9. The number of nitriles is 1. The van der Waals surface area contributed by atoms with Gasteiger partial charge in [0.25, 0.3) is 6.47 Å². The van der Waals surface area contributed by atoms with Gasteiger partial charge in [-0.2, -0.15) is 5.26 Å². The summed E-state index contributed by atoms with van der Waals surface area (Å²) < 4.78 is 5.13. The second-order valence-electron chi connectivity index (χ2n) is 6.61. The van der Waals surface area contributed by atoms with E-state index in [4.69, 9.17) is 25.5 Å². The number of fused-ring (bicyclic) bond motifs is 1. The highest BCUT2D eigenvalue weighted by Gasteiger charge is 2.28. The zero-order chi connectivity index (χ0) is 23.5. The first kappa shape index (κ1) is 24.2. The second-order valence-corrected chi connectivity index (χ2v) is 6.61. The fourth-order valence-corrected chi connectivity index (χ4v) is 3.32. The fraction of sp³-hybridized carbons (Fsp3) is 0.304. The summed E-state index contributed by atoms with van der Waals surface area (Å²) in [5, 5.41) is 25.4. The molecule has 166 valence electrons. The van der Waals surface area contributed by atoms with Crippen molar-refractivity contribution < 1.29 is 24.5 Å². The Bertz CT molecular complexity index is 1070. The van der Waals surface area contributed by atoms with Crippen LogP contribution in [0.1, 0.15) is 35.7 Å². The standard InChI is InChI=1S/C22H22N4O3.CH2O2/c1-2-29-22(28)26-11-10-19-18(14-26)20(17(13-23)21(24)25-19)16-8-6-15(7-9-16)5-3-4-12-27;2-1-3/h6-9,27H,2,4,10-12,14H2,1H3,(H2,24,25);1H,(H,2,3). The van der Waals surface area contributed by atoms with Crippen LogP contribution in [0.2, 0.25) is 0 Å². The predicted molar refractivity (Wildman–Crippen MR) is 117 cm³/mol. The van der Waals surface area contributed by atoms with Crippen LogP contribution in [0.4, 0.5) is 10.6 Å². The van der Waals surface area contributed by atoms with Gasteiger partial charge in [-0.1, -0.05) is 24.0 Å². The van der Waals surface area contributed by atoms with E-state index in [0.29, 0.717) is 43.7 Å². The summed E-state index contributed by atoms with van der Waals surface area (Å²) in [7, 11) is 0. The Morgan fingerprint density at radius 1 is 1.38 bits per heavy atom. The number of carbonyl (C=O) groups excluding carboxylic acids is 1. The first-order valence-electron chi connectivity index (χ1n) is 9.91. The molecule has 1 aliphatic rings. The van der Waals surface area contributed by atoms with Gasteiger partial charge in [0.15, 0.2) is 0 Å². The molecule has 0 radical (unpaired) electrons. The van der Waals surface area contributed by atoms with E-state index in [0.717, 1.165) is 22.4 Å². The third-order valence-corrected chi connectivity index (χ3v) is 4.66. The molecular formula is C23H24N4O5. The van der Waals surface area contributed by atoms with Crippen molar-refractivity contribution >= 4 is 18.4 Å². The number of benzene rings is 1. The number of nitrogens with two attached hydrogens (primary N) is 1. The third-order valence-electron chi connectivity index (χ3n) is 4.66. The van der Waals surface area contributed by atoms with Crippen LogP contribution in [0.3, 0.4) is 0 Å². The number of pyridine rings is 1. The number of carbonyl (C=O) groups is 2. The van der Waals surface area contributed by atoms with E-state index in [1.54, 1.807) is 11.8 Å². The lowest BCUT2D eigenvalue weighted by atomic mass is 9.91. The van der Waals surface area contributed by atoms with E-state index in [2.05, 4.69) is 22.9 Å². The van der Waals surface area contributed by atoms with Crippen molar-refractivity contribution in [1.29, 1.82) is 5.26 Å². The number of carboxylic acid groups (broad SMARTS) is 1. The number of rotatable bonds is 3. The largest absolute Gasteiger partial charge is 0.483 e. The van der Waals surface area contributed by atoms with E-state index in [9.17, 15) is 10.1 Å². The fourth-order valence-electron chi connectivity index (χ4n) is 3.32. The molecule has 0 bridgehead atoms. The number of nitrogens with zero attached hydrogens (tertiary/aromatic N) is 3. The quantitative estimate of drug-likeness (QED) is 0.489. The van der Waals surface area contributed by atoms with Crippen LogP contribution in [0.15, 0.2) is 24.3 Å². The van der Waals surface area contributed by atoms with Gasteiger partial charge in [0.05, 0.1) is 25.5 Å². The normalized spacial score (nSPS) is 11.6. The van der Waals surface area contributed by atoms with E-state index < -0.39 is 0 Å². The van der Waals surface area contributed by atoms with Crippen molar-refractivity contribution in [3.8, 4) is 29.0 Å². The maximum Gasteiger partial charge on any atom is 0.410 e. The minimum atomic E-state index is -0.381. The summed E-state index contributed by atoms with van der Waals surface area (Å²) in [5.74, 6) is 6.06. The van der Waals surface area contributed by atoms with Crippen LogP contribution >= 0.6 is 0 Å². The monoisotopic (exact) mass is 436 g/mol. The molecule has 0 atom stereocenters. The van der Waals surface area contributed by atoms with E-state index >= 15 is 0 Å². The van der Waals surface area contributed by atoms with E-state index in [1.165, 1.54) is 0 Å². The molecule has 0 spiro atoms. The number of aliphatic hydroxyl groups excluding tert-OH is 1. The maximum absolute atomic E-state index is 12.2. The Morgan fingerprint density at radius 3 is 2.66 bits per heavy atom. The summed E-state index contributed by atoms with van der Waals surface area (Å²) in [4.78, 5) is 26.6. The lowest BCUT2D eigenvalue weighted by Gasteiger charge is -2.29. The van der Waals surface area contributed by atoms with Gasteiger partial charge >= 0.3 is 6.09 Å². The van der Waals surface area contributed by atoms with Gasteiger partial charge in [-0.15, -0.1) is 0 Å². The molecule has 32 heavy (non-hydrogen) atoms. The molecule has 2 aromatic rings.